The number of aromatic nitrogens is 1. The Morgan fingerprint density at radius 3 is 2.61 bits per heavy atom. The molecule has 0 saturated carbocycles. The maximum Gasteiger partial charge on any atom is 0.0227 e. The molecule has 0 bridgehead atoms. The first-order valence-electron chi connectivity index (χ1n) is 6.83. The van der Waals surface area contributed by atoms with Gasteiger partial charge >= 0.3 is 0 Å². The number of aryl methyl sites for hydroxylation is 2. The van der Waals surface area contributed by atoms with Gasteiger partial charge < -0.3 is 10.7 Å². The highest BCUT2D eigenvalue weighted by molar-refractivity contribution is 5.39. The van der Waals surface area contributed by atoms with E-state index in [1.807, 2.05) is 6.20 Å². The van der Waals surface area contributed by atoms with E-state index < -0.39 is 0 Å². The SMILES string of the molecule is NCC(c1cc[nH]c1)c1ccc2c(c1)CCCC2. The molecular weight excluding hydrogens is 220 g/mol. The number of hydrogen-bond acceptors (Lipinski definition) is 1. The van der Waals surface area contributed by atoms with E-state index in [9.17, 15) is 0 Å². The molecule has 0 aliphatic heterocycles. The zero-order chi connectivity index (χ0) is 12.4. The van der Waals surface area contributed by atoms with Crippen LogP contribution in [-0.2, 0) is 12.8 Å². The van der Waals surface area contributed by atoms with Crippen LogP contribution in [0.25, 0.3) is 0 Å². The molecule has 1 aliphatic carbocycles. The van der Waals surface area contributed by atoms with Crippen LogP contribution in [0.4, 0.5) is 0 Å². The van der Waals surface area contributed by atoms with Crippen molar-refractivity contribution in [3.8, 4) is 0 Å². The fourth-order valence-corrected chi connectivity index (χ4v) is 2.99. The van der Waals surface area contributed by atoms with Crippen molar-refractivity contribution in [3.05, 3.63) is 58.9 Å². The van der Waals surface area contributed by atoms with Crippen LogP contribution in [0.3, 0.4) is 0 Å². The highest BCUT2D eigenvalue weighted by Gasteiger charge is 2.16. The van der Waals surface area contributed by atoms with Gasteiger partial charge in [0.25, 0.3) is 0 Å². The van der Waals surface area contributed by atoms with E-state index in [1.165, 1.54) is 47.9 Å². The summed E-state index contributed by atoms with van der Waals surface area (Å²) in [6.45, 7) is 0.663. The number of benzene rings is 1. The average Bonchev–Trinajstić information content (AvgIpc) is 2.93. The molecule has 2 nitrogen and oxygen atoms in total. The summed E-state index contributed by atoms with van der Waals surface area (Å²) in [5.74, 6) is 0.323. The molecular formula is C16H20N2. The monoisotopic (exact) mass is 240 g/mol. The molecule has 0 saturated heterocycles. The third kappa shape index (κ3) is 2.08. The lowest BCUT2D eigenvalue weighted by atomic mass is 9.86. The van der Waals surface area contributed by atoms with E-state index in [-0.39, 0.29) is 0 Å². The Kier molecular flexibility index (Phi) is 3.20. The lowest BCUT2D eigenvalue weighted by Crippen LogP contribution is -2.14. The third-order valence-electron chi connectivity index (χ3n) is 4.03. The van der Waals surface area contributed by atoms with Crippen LogP contribution in [0.5, 0.6) is 0 Å². The van der Waals surface area contributed by atoms with Gasteiger partial charge in [-0.2, -0.15) is 0 Å². The number of H-pyrrole nitrogens is 1. The lowest BCUT2D eigenvalue weighted by molar-refractivity contribution is 0.682. The summed E-state index contributed by atoms with van der Waals surface area (Å²) in [5, 5.41) is 0. The first-order chi connectivity index (χ1) is 8.88. The summed E-state index contributed by atoms with van der Waals surface area (Å²) >= 11 is 0. The van der Waals surface area contributed by atoms with Gasteiger partial charge in [-0.15, -0.1) is 0 Å². The fourth-order valence-electron chi connectivity index (χ4n) is 2.99. The number of nitrogens with one attached hydrogen (secondary N) is 1. The number of nitrogens with two attached hydrogens (primary N) is 1. The van der Waals surface area contributed by atoms with E-state index in [0.29, 0.717) is 12.5 Å². The molecule has 1 aromatic heterocycles. The minimum Gasteiger partial charge on any atom is -0.367 e. The Morgan fingerprint density at radius 1 is 1.06 bits per heavy atom. The Hall–Kier alpha value is -1.54. The van der Waals surface area contributed by atoms with Gasteiger partial charge in [0, 0.05) is 24.9 Å². The van der Waals surface area contributed by atoms with Gasteiger partial charge in [0.1, 0.15) is 0 Å². The van der Waals surface area contributed by atoms with Crippen molar-refractivity contribution >= 4 is 0 Å². The summed E-state index contributed by atoms with van der Waals surface area (Å²) in [4.78, 5) is 3.12. The van der Waals surface area contributed by atoms with Crippen molar-refractivity contribution < 1.29 is 0 Å². The molecule has 2 heteroatoms. The van der Waals surface area contributed by atoms with Crippen molar-refractivity contribution in [2.75, 3.05) is 6.54 Å². The molecule has 0 amide bonds. The molecule has 94 valence electrons. The van der Waals surface area contributed by atoms with Crippen molar-refractivity contribution in [1.82, 2.24) is 4.98 Å². The van der Waals surface area contributed by atoms with Gasteiger partial charge in [0.05, 0.1) is 0 Å². The second kappa shape index (κ2) is 4.99. The first kappa shape index (κ1) is 11.5. The van der Waals surface area contributed by atoms with Gasteiger partial charge in [-0.25, -0.2) is 0 Å². The van der Waals surface area contributed by atoms with Crippen LogP contribution >= 0.6 is 0 Å². The second-order valence-electron chi connectivity index (χ2n) is 5.17. The Morgan fingerprint density at radius 2 is 1.89 bits per heavy atom. The van der Waals surface area contributed by atoms with E-state index in [2.05, 4.69) is 35.4 Å². The summed E-state index contributed by atoms with van der Waals surface area (Å²) in [5.41, 5.74) is 11.7. The van der Waals surface area contributed by atoms with Crippen molar-refractivity contribution in [2.45, 2.75) is 31.6 Å². The van der Waals surface area contributed by atoms with Gasteiger partial charge in [0.2, 0.25) is 0 Å². The Bertz CT molecular complexity index is 514. The van der Waals surface area contributed by atoms with E-state index in [0.717, 1.165) is 0 Å². The number of aromatic amines is 1. The van der Waals surface area contributed by atoms with E-state index >= 15 is 0 Å². The zero-order valence-electron chi connectivity index (χ0n) is 10.7. The number of rotatable bonds is 3. The minimum atomic E-state index is 0.323. The lowest BCUT2D eigenvalue weighted by Gasteiger charge is -2.20. The topological polar surface area (TPSA) is 41.8 Å². The molecule has 1 heterocycles. The third-order valence-corrected chi connectivity index (χ3v) is 4.03. The van der Waals surface area contributed by atoms with Crippen molar-refractivity contribution in [2.24, 2.45) is 5.73 Å². The maximum atomic E-state index is 5.96. The number of hydrogen-bond donors (Lipinski definition) is 2. The van der Waals surface area contributed by atoms with Crippen molar-refractivity contribution in [3.63, 3.8) is 0 Å². The molecule has 18 heavy (non-hydrogen) atoms. The molecule has 0 fully saturated rings. The predicted octanol–water partition coefficient (Wildman–Crippen LogP) is 2.98. The standard InChI is InChI=1S/C16H20N2/c17-10-16(15-7-8-18-11-15)14-6-5-12-3-1-2-4-13(12)9-14/h5-9,11,16,18H,1-4,10,17H2. The van der Waals surface area contributed by atoms with E-state index in [4.69, 9.17) is 5.73 Å². The van der Waals surface area contributed by atoms with Gasteiger partial charge in [-0.05, 0) is 54.0 Å². The molecule has 1 aliphatic rings. The van der Waals surface area contributed by atoms with Crippen LogP contribution in [0, 0.1) is 0 Å². The highest BCUT2D eigenvalue weighted by atomic mass is 14.6. The van der Waals surface area contributed by atoms with Crippen LogP contribution < -0.4 is 5.73 Å². The number of fused-ring (bicyclic) bond motifs is 1. The summed E-state index contributed by atoms with van der Waals surface area (Å²) < 4.78 is 0. The van der Waals surface area contributed by atoms with Crippen molar-refractivity contribution in [1.29, 1.82) is 0 Å². The normalized spacial score (nSPS) is 16.3. The summed E-state index contributed by atoms with van der Waals surface area (Å²) in [6.07, 6.45) is 9.16. The Labute approximate surface area is 108 Å². The largest absolute Gasteiger partial charge is 0.367 e. The molecule has 1 aromatic carbocycles. The van der Waals surface area contributed by atoms with E-state index in [1.54, 1.807) is 0 Å². The average molecular weight is 240 g/mol. The highest BCUT2D eigenvalue weighted by Crippen LogP contribution is 2.28. The summed E-state index contributed by atoms with van der Waals surface area (Å²) in [7, 11) is 0. The smallest absolute Gasteiger partial charge is 0.0227 e. The van der Waals surface area contributed by atoms with Gasteiger partial charge in [-0.3, -0.25) is 0 Å². The van der Waals surface area contributed by atoms with Gasteiger partial charge in [0.15, 0.2) is 0 Å². The molecule has 0 radical (unpaired) electrons. The van der Waals surface area contributed by atoms with Crippen LogP contribution in [0.1, 0.15) is 41.0 Å². The molecule has 1 unspecified atom stereocenters. The Balaban J connectivity index is 1.95. The quantitative estimate of drug-likeness (QED) is 0.851. The fraction of sp³-hybridized carbons (Fsp3) is 0.375. The zero-order valence-corrected chi connectivity index (χ0v) is 10.7. The predicted molar refractivity (Wildman–Crippen MR) is 74.8 cm³/mol. The van der Waals surface area contributed by atoms with Gasteiger partial charge in [-0.1, -0.05) is 18.2 Å². The van der Waals surface area contributed by atoms with Crippen LogP contribution in [-0.4, -0.2) is 11.5 Å². The van der Waals surface area contributed by atoms with Crippen LogP contribution in [0.15, 0.2) is 36.7 Å². The molecule has 3 rings (SSSR count). The maximum absolute atomic E-state index is 5.96. The molecule has 1 atom stereocenters. The molecule has 2 aromatic rings. The van der Waals surface area contributed by atoms with Crippen LogP contribution in [0.2, 0.25) is 0 Å². The first-order valence-corrected chi connectivity index (χ1v) is 6.83. The second-order valence-corrected chi connectivity index (χ2v) is 5.17. The molecule has 3 N–H and O–H groups in total. The summed E-state index contributed by atoms with van der Waals surface area (Å²) in [6, 6.07) is 9.06. The minimum absolute atomic E-state index is 0.323. The molecule has 0 spiro atoms.